The second-order valence-electron chi connectivity index (χ2n) is 5.46. The van der Waals surface area contributed by atoms with Gasteiger partial charge < -0.3 is 16.5 Å². The van der Waals surface area contributed by atoms with Gasteiger partial charge in [0.1, 0.15) is 6.17 Å². The molecule has 5 heteroatoms. The van der Waals surface area contributed by atoms with Gasteiger partial charge >= 0.3 is 0 Å². The minimum Gasteiger partial charge on any atom is -0.354 e. The molecule has 21 heavy (non-hydrogen) atoms. The maximum absolute atomic E-state index is 6.24. The van der Waals surface area contributed by atoms with Gasteiger partial charge in [0.2, 0.25) is 0 Å². The van der Waals surface area contributed by atoms with Gasteiger partial charge in [0, 0.05) is 17.3 Å². The summed E-state index contributed by atoms with van der Waals surface area (Å²) in [7, 11) is 0. The molecule has 4 N–H and O–H groups in total. The first-order valence-corrected chi connectivity index (χ1v) is 7.40. The number of hydrazine groups is 1. The molecule has 1 aliphatic rings. The number of hydrogen-bond acceptors (Lipinski definition) is 4. The van der Waals surface area contributed by atoms with Crippen LogP contribution in [0, 0.1) is 0 Å². The lowest BCUT2D eigenvalue weighted by atomic mass is 10.1. The summed E-state index contributed by atoms with van der Waals surface area (Å²) >= 11 is 6.17. The van der Waals surface area contributed by atoms with Crippen LogP contribution in [0.3, 0.4) is 0 Å². The van der Waals surface area contributed by atoms with E-state index in [2.05, 4.69) is 36.7 Å². The van der Waals surface area contributed by atoms with Crippen LogP contribution in [0.15, 0.2) is 42.5 Å². The third kappa shape index (κ3) is 2.70. The van der Waals surface area contributed by atoms with Crippen LogP contribution in [0.25, 0.3) is 0 Å². The molecular weight excluding hydrogens is 284 g/mol. The maximum atomic E-state index is 6.24. The van der Waals surface area contributed by atoms with Gasteiger partial charge in [-0.2, -0.15) is 5.01 Å². The number of benzene rings is 2. The van der Waals surface area contributed by atoms with Crippen molar-refractivity contribution in [1.82, 2.24) is 5.01 Å². The first-order chi connectivity index (χ1) is 10.1. The van der Waals surface area contributed by atoms with Crippen molar-refractivity contribution in [3.05, 3.63) is 53.1 Å². The molecule has 0 aromatic heterocycles. The molecule has 0 bridgehead atoms. The zero-order valence-corrected chi connectivity index (χ0v) is 12.9. The van der Waals surface area contributed by atoms with Gasteiger partial charge in [-0.1, -0.05) is 29.8 Å². The quantitative estimate of drug-likeness (QED) is 0.799. The van der Waals surface area contributed by atoms with Gasteiger partial charge in [-0.15, -0.1) is 0 Å². The second kappa shape index (κ2) is 5.56. The van der Waals surface area contributed by atoms with Crippen LogP contribution in [-0.4, -0.2) is 11.1 Å². The summed E-state index contributed by atoms with van der Waals surface area (Å²) in [5, 5.41) is 6.08. The lowest BCUT2D eigenvalue weighted by Crippen LogP contribution is -2.38. The summed E-state index contributed by atoms with van der Waals surface area (Å²) in [6, 6.07) is 14.1. The predicted octanol–water partition coefficient (Wildman–Crippen LogP) is 4.09. The number of anilines is 3. The molecule has 0 radical (unpaired) electrons. The van der Waals surface area contributed by atoms with E-state index in [1.165, 1.54) is 0 Å². The molecule has 3 rings (SSSR count). The van der Waals surface area contributed by atoms with Gasteiger partial charge in [-0.3, -0.25) is 0 Å². The third-order valence-electron chi connectivity index (χ3n) is 3.63. The van der Waals surface area contributed by atoms with Crippen LogP contribution in [0.2, 0.25) is 5.02 Å². The summed E-state index contributed by atoms with van der Waals surface area (Å²) in [5.41, 5.74) is 13.6. The van der Waals surface area contributed by atoms with Crippen molar-refractivity contribution in [2.24, 2.45) is 5.73 Å². The first-order valence-electron chi connectivity index (χ1n) is 7.02. The van der Waals surface area contributed by atoms with Crippen LogP contribution in [0.1, 0.15) is 25.6 Å². The highest BCUT2D eigenvalue weighted by atomic mass is 35.5. The normalized spacial score (nSPS) is 17.7. The average molecular weight is 303 g/mol. The van der Waals surface area contributed by atoms with Crippen LogP contribution >= 0.6 is 11.6 Å². The van der Waals surface area contributed by atoms with Crippen LogP contribution in [-0.2, 0) is 0 Å². The monoisotopic (exact) mass is 302 g/mol. The smallest absolute Gasteiger partial charge is 0.104 e. The van der Waals surface area contributed by atoms with Crippen molar-refractivity contribution in [3.8, 4) is 0 Å². The Balaban J connectivity index is 1.86. The molecule has 1 heterocycles. The maximum Gasteiger partial charge on any atom is 0.104 e. The largest absolute Gasteiger partial charge is 0.354 e. The Morgan fingerprint density at radius 1 is 1.24 bits per heavy atom. The minimum atomic E-state index is -0.116. The molecule has 0 fully saturated rings. The molecular formula is C16H19ClN4. The molecule has 1 unspecified atom stereocenters. The molecule has 110 valence electrons. The van der Waals surface area contributed by atoms with E-state index in [0.29, 0.717) is 11.1 Å². The lowest BCUT2D eigenvalue weighted by molar-refractivity contribution is 0.216. The number of hydrogen-bond donors (Lipinski definition) is 3. The summed E-state index contributed by atoms with van der Waals surface area (Å²) in [6.45, 7) is 4.23. The second-order valence-corrected chi connectivity index (χ2v) is 5.87. The number of fused-ring (bicyclic) bond motifs is 1. The highest BCUT2D eigenvalue weighted by Crippen LogP contribution is 2.36. The van der Waals surface area contributed by atoms with Crippen molar-refractivity contribution in [2.45, 2.75) is 26.1 Å². The third-order valence-corrected chi connectivity index (χ3v) is 3.96. The van der Waals surface area contributed by atoms with Gasteiger partial charge in [0.15, 0.2) is 0 Å². The topological polar surface area (TPSA) is 53.3 Å². The molecule has 0 amide bonds. The molecule has 2 aromatic rings. The van der Waals surface area contributed by atoms with E-state index < -0.39 is 0 Å². The number of nitrogens with zero attached hydrogens (tertiary/aromatic N) is 1. The van der Waals surface area contributed by atoms with Crippen LogP contribution in [0.4, 0.5) is 17.1 Å². The summed E-state index contributed by atoms with van der Waals surface area (Å²) in [6.07, 6.45) is -0.116. The van der Waals surface area contributed by atoms with Gasteiger partial charge in [-0.05, 0) is 38.1 Å². The summed E-state index contributed by atoms with van der Waals surface area (Å²) in [5.74, 6) is 0. The Kier molecular flexibility index (Phi) is 3.76. The zero-order valence-electron chi connectivity index (χ0n) is 12.1. The molecule has 2 aromatic carbocycles. The highest BCUT2D eigenvalue weighted by molar-refractivity contribution is 6.33. The average Bonchev–Trinajstić information content (AvgIpc) is 2.78. The fraction of sp³-hybridized carbons (Fsp3) is 0.250. The minimum absolute atomic E-state index is 0.116. The van der Waals surface area contributed by atoms with Gasteiger partial charge in [0.05, 0.1) is 16.4 Å². The fourth-order valence-corrected chi connectivity index (χ4v) is 2.70. The molecule has 0 saturated heterocycles. The molecule has 0 aliphatic carbocycles. The van der Waals surface area contributed by atoms with E-state index in [0.717, 1.165) is 22.6 Å². The predicted molar refractivity (Wildman–Crippen MR) is 88.7 cm³/mol. The standard InChI is InChI=1S/C16H19ClN4/c1-10(2)21-16(18)12-8-7-11(9-15(12)20-21)19-14-6-4-3-5-13(14)17/h3-10,16,19-20H,18H2,1-2H3. The Bertz CT molecular complexity index is 656. The van der Waals surface area contributed by atoms with E-state index in [1.54, 1.807) is 0 Å². The van der Waals surface area contributed by atoms with Crippen LogP contribution in [0.5, 0.6) is 0 Å². The van der Waals surface area contributed by atoms with Crippen molar-refractivity contribution >= 4 is 28.7 Å². The highest BCUT2D eigenvalue weighted by Gasteiger charge is 2.28. The Labute approximate surface area is 129 Å². The van der Waals surface area contributed by atoms with E-state index >= 15 is 0 Å². The first kappa shape index (κ1) is 14.2. The molecule has 1 aliphatic heterocycles. The SMILES string of the molecule is CC(C)N1Nc2cc(Nc3ccccc3Cl)ccc2C1N. The van der Waals surface area contributed by atoms with E-state index in [-0.39, 0.29) is 6.17 Å². The number of nitrogens with two attached hydrogens (primary N) is 1. The molecule has 1 atom stereocenters. The number of rotatable bonds is 3. The van der Waals surface area contributed by atoms with Crippen molar-refractivity contribution in [3.63, 3.8) is 0 Å². The fourth-order valence-electron chi connectivity index (χ4n) is 2.52. The summed E-state index contributed by atoms with van der Waals surface area (Å²) in [4.78, 5) is 0. The van der Waals surface area contributed by atoms with Crippen molar-refractivity contribution in [1.29, 1.82) is 0 Å². The number of nitrogens with one attached hydrogen (secondary N) is 2. The van der Waals surface area contributed by atoms with Gasteiger partial charge in [0.25, 0.3) is 0 Å². The van der Waals surface area contributed by atoms with E-state index in [4.69, 9.17) is 17.3 Å². The van der Waals surface area contributed by atoms with Crippen LogP contribution < -0.4 is 16.5 Å². The Hall–Kier alpha value is -1.75. The Morgan fingerprint density at radius 3 is 2.71 bits per heavy atom. The van der Waals surface area contributed by atoms with Crippen molar-refractivity contribution < 1.29 is 0 Å². The van der Waals surface area contributed by atoms with Crippen molar-refractivity contribution in [2.75, 3.05) is 10.7 Å². The summed E-state index contributed by atoms with van der Waals surface area (Å²) < 4.78 is 0. The molecule has 4 nitrogen and oxygen atoms in total. The Morgan fingerprint density at radius 2 is 2.00 bits per heavy atom. The number of halogens is 1. The van der Waals surface area contributed by atoms with E-state index in [1.807, 2.05) is 35.3 Å². The molecule has 0 saturated carbocycles. The zero-order chi connectivity index (χ0) is 15.0. The number of para-hydroxylation sites is 1. The van der Waals surface area contributed by atoms with Gasteiger partial charge in [-0.25, -0.2) is 0 Å². The van der Waals surface area contributed by atoms with E-state index in [9.17, 15) is 0 Å². The molecule has 0 spiro atoms. The lowest BCUT2D eigenvalue weighted by Gasteiger charge is -2.25.